The van der Waals surface area contributed by atoms with E-state index in [-0.39, 0.29) is 5.91 Å². The van der Waals surface area contributed by atoms with Crippen molar-refractivity contribution in [3.8, 4) is 0 Å². The average Bonchev–Trinajstić information content (AvgIpc) is 2.53. The predicted molar refractivity (Wildman–Crippen MR) is 82.1 cm³/mol. The smallest absolute Gasteiger partial charge is 0.254 e. The molecule has 0 bridgehead atoms. The quantitative estimate of drug-likeness (QED) is 0.919. The molecule has 0 aromatic carbocycles. The van der Waals surface area contributed by atoms with Crippen molar-refractivity contribution < 1.29 is 4.79 Å². The maximum Gasteiger partial charge on any atom is 0.254 e. The molecule has 0 spiro atoms. The Morgan fingerprint density at radius 3 is 2.90 bits per heavy atom. The van der Waals surface area contributed by atoms with Gasteiger partial charge >= 0.3 is 0 Å². The van der Waals surface area contributed by atoms with Crippen molar-refractivity contribution in [3.63, 3.8) is 0 Å². The van der Waals surface area contributed by atoms with E-state index in [2.05, 4.69) is 24.1 Å². The number of hydrogen-bond acceptors (Lipinski definition) is 3. The van der Waals surface area contributed by atoms with E-state index in [1.165, 1.54) is 6.42 Å². The van der Waals surface area contributed by atoms with Gasteiger partial charge in [-0.15, -0.1) is 0 Å². The van der Waals surface area contributed by atoms with Gasteiger partial charge in [0.25, 0.3) is 5.91 Å². The number of pyridine rings is 1. The first-order valence-corrected chi connectivity index (χ1v) is 7.65. The Bertz CT molecular complexity index is 451. The van der Waals surface area contributed by atoms with Crippen LogP contribution in [0.15, 0.2) is 12.1 Å². The summed E-state index contributed by atoms with van der Waals surface area (Å²) in [6.07, 6.45) is 4.36. The van der Waals surface area contributed by atoms with E-state index in [1.807, 2.05) is 24.1 Å². The Hall–Kier alpha value is -1.58. The first-order chi connectivity index (χ1) is 9.67. The molecule has 1 N–H and O–H groups in total. The lowest BCUT2D eigenvalue weighted by Crippen LogP contribution is -2.39. The van der Waals surface area contributed by atoms with Crippen molar-refractivity contribution in [2.45, 2.75) is 39.5 Å². The number of piperidine rings is 1. The number of hydrogen-bond donors (Lipinski definition) is 1. The summed E-state index contributed by atoms with van der Waals surface area (Å²) in [5.74, 6) is 1.58. The second kappa shape index (κ2) is 6.73. The van der Waals surface area contributed by atoms with Gasteiger partial charge in [0.2, 0.25) is 0 Å². The highest BCUT2D eigenvalue weighted by Crippen LogP contribution is 2.22. The van der Waals surface area contributed by atoms with E-state index in [9.17, 15) is 4.79 Å². The Morgan fingerprint density at radius 1 is 1.45 bits per heavy atom. The van der Waals surface area contributed by atoms with Crippen LogP contribution in [0.1, 0.15) is 49.2 Å². The van der Waals surface area contributed by atoms with E-state index in [0.29, 0.717) is 5.92 Å². The van der Waals surface area contributed by atoms with Crippen LogP contribution < -0.4 is 5.32 Å². The molecule has 1 aliphatic rings. The van der Waals surface area contributed by atoms with Gasteiger partial charge in [0, 0.05) is 31.4 Å². The van der Waals surface area contributed by atoms with Gasteiger partial charge in [-0.05, 0) is 37.3 Å². The van der Waals surface area contributed by atoms with Crippen LogP contribution in [0.4, 0.5) is 5.82 Å². The number of rotatable bonds is 4. The maximum absolute atomic E-state index is 12.7. The molecule has 2 rings (SSSR count). The first-order valence-electron chi connectivity index (χ1n) is 7.65. The molecule has 1 fully saturated rings. The highest BCUT2D eigenvalue weighted by molar-refractivity contribution is 5.95. The summed E-state index contributed by atoms with van der Waals surface area (Å²) in [5.41, 5.74) is 1.72. The zero-order chi connectivity index (χ0) is 14.5. The summed E-state index contributed by atoms with van der Waals surface area (Å²) >= 11 is 0. The fraction of sp³-hybridized carbons (Fsp3) is 0.625. The highest BCUT2D eigenvalue weighted by atomic mass is 16.2. The molecule has 1 aromatic rings. The van der Waals surface area contributed by atoms with Crippen molar-refractivity contribution in [1.82, 2.24) is 9.88 Å². The van der Waals surface area contributed by atoms with Crippen LogP contribution in [0.3, 0.4) is 0 Å². The molecule has 1 aliphatic heterocycles. The zero-order valence-electron chi connectivity index (χ0n) is 12.8. The van der Waals surface area contributed by atoms with Gasteiger partial charge in [0.1, 0.15) is 5.82 Å². The van der Waals surface area contributed by atoms with Gasteiger partial charge in [-0.2, -0.15) is 0 Å². The van der Waals surface area contributed by atoms with E-state index < -0.39 is 0 Å². The van der Waals surface area contributed by atoms with Crippen molar-refractivity contribution in [1.29, 1.82) is 0 Å². The highest BCUT2D eigenvalue weighted by Gasteiger charge is 2.24. The molecule has 0 saturated carbocycles. The van der Waals surface area contributed by atoms with E-state index >= 15 is 0 Å². The van der Waals surface area contributed by atoms with Gasteiger partial charge in [-0.3, -0.25) is 4.79 Å². The van der Waals surface area contributed by atoms with Crippen molar-refractivity contribution in [2.24, 2.45) is 5.92 Å². The number of nitrogens with one attached hydrogen (secondary N) is 1. The average molecular weight is 275 g/mol. The monoisotopic (exact) mass is 275 g/mol. The van der Waals surface area contributed by atoms with Crippen LogP contribution in [0.2, 0.25) is 0 Å². The normalized spacial score (nSPS) is 18.9. The lowest BCUT2D eigenvalue weighted by molar-refractivity contribution is 0.0671. The standard InChI is InChI=1S/C16H25N3O/c1-4-12-7-6-8-19(11-12)16(20)13-9-14(5-2)18-15(10-13)17-3/h9-10,12H,4-8,11H2,1-3H3,(H,17,18). The summed E-state index contributed by atoms with van der Waals surface area (Å²) in [4.78, 5) is 19.1. The molecule has 0 radical (unpaired) electrons. The Labute approximate surface area is 121 Å². The number of amides is 1. The van der Waals surface area contributed by atoms with Crippen molar-refractivity contribution >= 4 is 11.7 Å². The minimum absolute atomic E-state index is 0.150. The zero-order valence-corrected chi connectivity index (χ0v) is 12.8. The maximum atomic E-state index is 12.7. The summed E-state index contributed by atoms with van der Waals surface area (Å²) < 4.78 is 0. The minimum atomic E-state index is 0.150. The minimum Gasteiger partial charge on any atom is -0.373 e. The molecule has 4 heteroatoms. The number of likely N-dealkylation sites (tertiary alicyclic amines) is 1. The molecule has 1 amide bonds. The number of nitrogens with zero attached hydrogens (tertiary/aromatic N) is 2. The van der Waals surface area contributed by atoms with Crippen LogP contribution in [-0.4, -0.2) is 35.9 Å². The number of carbonyl (C=O) groups is 1. The van der Waals surface area contributed by atoms with Crippen LogP contribution >= 0.6 is 0 Å². The topological polar surface area (TPSA) is 45.2 Å². The second-order valence-electron chi connectivity index (χ2n) is 5.50. The lowest BCUT2D eigenvalue weighted by Gasteiger charge is -2.32. The SMILES string of the molecule is CCc1cc(C(=O)N2CCCC(CC)C2)cc(NC)n1. The number of aromatic nitrogens is 1. The molecule has 1 atom stereocenters. The number of anilines is 1. The molecular weight excluding hydrogens is 250 g/mol. The van der Waals surface area contributed by atoms with Gasteiger partial charge in [-0.25, -0.2) is 4.98 Å². The van der Waals surface area contributed by atoms with Crippen LogP contribution in [0.25, 0.3) is 0 Å². The van der Waals surface area contributed by atoms with Gasteiger partial charge in [-0.1, -0.05) is 20.3 Å². The molecule has 110 valence electrons. The van der Waals surface area contributed by atoms with E-state index in [4.69, 9.17) is 0 Å². The van der Waals surface area contributed by atoms with E-state index in [0.717, 1.165) is 49.4 Å². The largest absolute Gasteiger partial charge is 0.373 e. The van der Waals surface area contributed by atoms with Crippen LogP contribution in [0.5, 0.6) is 0 Å². The second-order valence-corrected chi connectivity index (χ2v) is 5.50. The summed E-state index contributed by atoms with van der Waals surface area (Å²) in [6.45, 7) is 6.05. The third kappa shape index (κ3) is 3.30. The predicted octanol–water partition coefficient (Wildman–Crippen LogP) is 2.95. The molecular formula is C16H25N3O. The molecule has 20 heavy (non-hydrogen) atoms. The Balaban J connectivity index is 2.19. The van der Waals surface area contributed by atoms with Crippen LogP contribution in [0, 0.1) is 5.92 Å². The Kier molecular flexibility index (Phi) is 4.99. The molecule has 4 nitrogen and oxygen atoms in total. The fourth-order valence-electron chi connectivity index (χ4n) is 2.79. The molecule has 2 heterocycles. The summed E-state index contributed by atoms with van der Waals surface area (Å²) in [5, 5.41) is 3.04. The van der Waals surface area contributed by atoms with Crippen LogP contribution in [-0.2, 0) is 6.42 Å². The molecule has 1 aromatic heterocycles. The number of aryl methyl sites for hydroxylation is 1. The number of carbonyl (C=O) groups excluding carboxylic acids is 1. The van der Waals surface area contributed by atoms with Gasteiger partial charge in [0.05, 0.1) is 0 Å². The van der Waals surface area contributed by atoms with Crippen molar-refractivity contribution in [3.05, 3.63) is 23.4 Å². The lowest BCUT2D eigenvalue weighted by atomic mass is 9.95. The summed E-state index contributed by atoms with van der Waals surface area (Å²) in [6, 6.07) is 3.79. The molecule has 1 unspecified atom stereocenters. The fourth-order valence-corrected chi connectivity index (χ4v) is 2.79. The van der Waals surface area contributed by atoms with Gasteiger partial charge < -0.3 is 10.2 Å². The Morgan fingerprint density at radius 2 is 2.25 bits per heavy atom. The van der Waals surface area contributed by atoms with Crippen molar-refractivity contribution in [2.75, 3.05) is 25.5 Å². The van der Waals surface area contributed by atoms with E-state index in [1.54, 1.807) is 0 Å². The summed E-state index contributed by atoms with van der Waals surface area (Å²) in [7, 11) is 1.84. The third-order valence-corrected chi connectivity index (χ3v) is 4.13. The molecule has 1 saturated heterocycles. The molecule has 0 aliphatic carbocycles. The first kappa shape index (κ1) is 14.8. The third-order valence-electron chi connectivity index (χ3n) is 4.13. The van der Waals surface area contributed by atoms with Gasteiger partial charge in [0.15, 0.2) is 0 Å².